The quantitative estimate of drug-likeness (QED) is 0.744. The first-order chi connectivity index (χ1) is 10.2. The van der Waals surface area contributed by atoms with E-state index in [9.17, 15) is 0 Å². The topological polar surface area (TPSA) is 21.3 Å². The molecule has 1 aliphatic carbocycles. The molecule has 3 heteroatoms. The summed E-state index contributed by atoms with van der Waals surface area (Å²) >= 11 is 6.21. The molecular weight excluding hydrogens is 282 g/mol. The highest BCUT2D eigenvalue weighted by Gasteiger charge is 2.52. The van der Waals surface area contributed by atoms with Gasteiger partial charge in [0.1, 0.15) is 0 Å². The van der Waals surface area contributed by atoms with Crippen LogP contribution in [0.15, 0.2) is 24.3 Å². The summed E-state index contributed by atoms with van der Waals surface area (Å²) in [6.45, 7) is 8.51. The summed E-state index contributed by atoms with van der Waals surface area (Å²) in [5, 5.41) is 4.50. The number of rotatable bonds is 8. The van der Waals surface area contributed by atoms with Gasteiger partial charge >= 0.3 is 0 Å². The molecule has 2 atom stereocenters. The second-order valence-corrected chi connectivity index (χ2v) is 6.48. The number of nitrogens with one attached hydrogen (secondary N) is 1. The molecule has 0 bridgehead atoms. The zero-order valence-electron chi connectivity index (χ0n) is 13.5. The van der Waals surface area contributed by atoms with Crippen LogP contribution < -0.4 is 5.32 Å². The molecule has 1 saturated carbocycles. The van der Waals surface area contributed by atoms with Crippen LogP contribution in [0.2, 0.25) is 5.02 Å². The Labute approximate surface area is 134 Å². The van der Waals surface area contributed by atoms with Gasteiger partial charge in [-0.2, -0.15) is 0 Å². The summed E-state index contributed by atoms with van der Waals surface area (Å²) in [4.78, 5) is 0. The van der Waals surface area contributed by atoms with Gasteiger partial charge in [0, 0.05) is 16.5 Å². The number of hydrogen-bond donors (Lipinski definition) is 1. The van der Waals surface area contributed by atoms with Gasteiger partial charge in [-0.3, -0.25) is 0 Å². The van der Waals surface area contributed by atoms with E-state index in [-0.39, 0.29) is 5.41 Å². The molecule has 0 saturated heterocycles. The molecule has 2 nitrogen and oxygen atoms in total. The van der Waals surface area contributed by atoms with Gasteiger partial charge in [-0.15, -0.1) is 0 Å². The number of benzene rings is 1. The van der Waals surface area contributed by atoms with E-state index in [2.05, 4.69) is 26.1 Å². The monoisotopic (exact) mass is 309 g/mol. The fourth-order valence-electron chi connectivity index (χ4n) is 3.59. The molecule has 0 aliphatic heterocycles. The molecule has 21 heavy (non-hydrogen) atoms. The highest BCUT2D eigenvalue weighted by Crippen LogP contribution is 2.49. The first-order valence-electron chi connectivity index (χ1n) is 8.26. The van der Waals surface area contributed by atoms with Crippen LogP contribution in [0.4, 0.5) is 0 Å². The lowest BCUT2D eigenvalue weighted by molar-refractivity contribution is -0.147. The average molecular weight is 310 g/mol. The Morgan fingerprint density at radius 2 is 1.95 bits per heavy atom. The van der Waals surface area contributed by atoms with Gasteiger partial charge in [0.05, 0.1) is 12.7 Å². The Morgan fingerprint density at radius 1 is 1.24 bits per heavy atom. The van der Waals surface area contributed by atoms with E-state index in [4.69, 9.17) is 16.3 Å². The van der Waals surface area contributed by atoms with Gasteiger partial charge in [-0.1, -0.05) is 50.6 Å². The predicted octanol–water partition coefficient (Wildman–Crippen LogP) is 4.80. The molecule has 0 amide bonds. The Bertz CT molecular complexity index is 445. The molecule has 1 fully saturated rings. The third kappa shape index (κ3) is 3.44. The van der Waals surface area contributed by atoms with E-state index < -0.39 is 0 Å². The molecule has 1 N–H and O–H groups in total. The maximum Gasteiger partial charge on any atom is 0.0735 e. The zero-order chi connectivity index (χ0) is 15.3. The van der Waals surface area contributed by atoms with Crippen molar-refractivity contribution in [2.24, 2.45) is 5.41 Å². The SMILES string of the molecule is CCCNC1CC(OCc2ccccc2Cl)C1(CC)CC. The van der Waals surface area contributed by atoms with E-state index in [0.29, 0.717) is 18.8 Å². The minimum atomic E-state index is 0.288. The van der Waals surface area contributed by atoms with Gasteiger partial charge in [0.2, 0.25) is 0 Å². The van der Waals surface area contributed by atoms with Crippen LogP contribution in [0.3, 0.4) is 0 Å². The van der Waals surface area contributed by atoms with Crippen molar-refractivity contribution in [2.45, 2.75) is 65.2 Å². The van der Waals surface area contributed by atoms with E-state index in [1.165, 1.54) is 6.42 Å². The Morgan fingerprint density at radius 3 is 2.57 bits per heavy atom. The molecule has 0 radical (unpaired) electrons. The largest absolute Gasteiger partial charge is 0.373 e. The highest BCUT2D eigenvalue weighted by atomic mass is 35.5. The number of hydrogen-bond acceptors (Lipinski definition) is 2. The number of ether oxygens (including phenoxy) is 1. The lowest BCUT2D eigenvalue weighted by Crippen LogP contribution is -2.63. The fourth-order valence-corrected chi connectivity index (χ4v) is 3.78. The average Bonchev–Trinajstić information content (AvgIpc) is 2.49. The molecule has 118 valence electrons. The Kier molecular flexibility index (Phi) is 6.09. The second kappa shape index (κ2) is 7.62. The fraction of sp³-hybridized carbons (Fsp3) is 0.667. The first kappa shape index (κ1) is 16.8. The summed E-state index contributed by atoms with van der Waals surface area (Å²) in [5.74, 6) is 0. The van der Waals surface area contributed by atoms with Crippen LogP contribution in [0, 0.1) is 5.41 Å². The van der Waals surface area contributed by atoms with Crippen LogP contribution in [0.5, 0.6) is 0 Å². The molecule has 0 aromatic heterocycles. The van der Waals surface area contributed by atoms with Crippen molar-refractivity contribution in [2.75, 3.05) is 6.54 Å². The van der Waals surface area contributed by atoms with Gasteiger partial charge in [0.25, 0.3) is 0 Å². The Balaban J connectivity index is 1.96. The smallest absolute Gasteiger partial charge is 0.0735 e. The van der Waals surface area contributed by atoms with Crippen LogP contribution in [0.25, 0.3) is 0 Å². The minimum absolute atomic E-state index is 0.288. The molecule has 0 heterocycles. The molecular formula is C18H28ClNO. The summed E-state index contributed by atoms with van der Waals surface area (Å²) < 4.78 is 6.23. The maximum atomic E-state index is 6.23. The lowest BCUT2D eigenvalue weighted by atomic mass is 9.58. The highest BCUT2D eigenvalue weighted by molar-refractivity contribution is 6.31. The van der Waals surface area contributed by atoms with E-state index in [1.807, 2.05) is 24.3 Å². The van der Waals surface area contributed by atoms with Crippen molar-refractivity contribution in [1.82, 2.24) is 5.32 Å². The van der Waals surface area contributed by atoms with Gasteiger partial charge in [-0.05, 0) is 43.9 Å². The van der Waals surface area contributed by atoms with E-state index in [1.54, 1.807) is 0 Å². The van der Waals surface area contributed by atoms with Gasteiger partial charge in [0.15, 0.2) is 0 Å². The van der Waals surface area contributed by atoms with Crippen molar-refractivity contribution < 1.29 is 4.74 Å². The van der Waals surface area contributed by atoms with Crippen LogP contribution in [0.1, 0.15) is 52.0 Å². The second-order valence-electron chi connectivity index (χ2n) is 6.07. The summed E-state index contributed by atoms with van der Waals surface area (Å²) in [6.07, 6.45) is 4.98. The first-order valence-corrected chi connectivity index (χ1v) is 8.64. The van der Waals surface area contributed by atoms with Crippen LogP contribution in [-0.4, -0.2) is 18.7 Å². The molecule has 2 rings (SSSR count). The van der Waals surface area contributed by atoms with Crippen molar-refractivity contribution in [3.63, 3.8) is 0 Å². The zero-order valence-corrected chi connectivity index (χ0v) is 14.2. The summed E-state index contributed by atoms with van der Waals surface area (Å²) in [7, 11) is 0. The van der Waals surface area contributed by atoms with E-state index in [0.717, 1.165) is 36.4 Å². The van der Waals surface area contributed by atoms with Crippen molar-refractivity contribution in [3.05, 3.63) is 34.9 Å². The standard InChI is InChI=1S/C18H28ClNO/c1-4-11-20-16-12-17(18(16,5-2)6-3)21-13-14-9-7-8-10-15(14)19/h7-10,16-17,20H,4-6,11-13H2,1-3H3. The summed E-state index contributed by atoms with van der Waals surface area (Å²) in [6, 6.07) is 8.56. The lowest BCUT2D eigenvalue weighted by Gasteiger charge is -2.55. The summed E-state index contributed by atoms with van der Waals surface area (Å²) in [5.41, 5.74) is 1.38. The van der Waals surface area contributed by atoms with Crippen LogP contribution >= 0.6 is 11.6 Å². The molecule has 1 aromatic rings. The Hall–Kier alpha value is -0.570. The number of halogens is 1. The van der Waals surface area contributed by atoms with E-state index >= 15 is 0 Å². The third-order valence-corrected chi connectivity index (χ3v) is 5.51. The van der Waals surface area contributed by atoms with Gasteiger partial charge in [-0.25, -0.2) is 0 Å². The third-order valence-electron chi connectivity index (χ3n) is 5.14. The van der Waals surface area contributed by atoms with Crippen molar-refractivity contribution in [3.8, 4) is 0 Å². The normalized spacial score (nSPS) is 23.8. The maximum absolute atomic E-state index is 6.23. The molecule has 1 aliphatic rings. The molecule has 1 aromatic carbocycles. The molecule has 0 spiro atoms. The van der Waals surface area contributed by atoms with Crippen LogP contribution in [-0.2, 0) is 11.3 Å². The van der Waals surface area contributed by atoms with Crippen molar-refractivity contribution in [1.29, 1.82) is 0 Å². The minimum Gasteiger partial charge on any atom is -0.373 e. The predicted molar refractivity (Wildman–Crippen MR) is 89.7 cm³/mol. The van der Waals surface area contributed by atoms with Gasteiger partial charge < -0.3 is 10.1 Å². The van der Waals surface area contributed by atoms with Crippen molar-refractivity contribution >= 4 is 11.6 Å². The molecule has 2 unspecified atom stereocenters.